The summed E-state index contributed by atoms with van der Waals surface area (Å²) >= 11 is 0. The van der Waals surface area contributed by atoms with E-state index < -0.39 is 15.9 Å². The number of rotatable bonds is 7. The van der Waals surface area contributed by atoms with Crippen LogP contribution in [0.2, 0.25) is 0 Å². The highest BCUT2D eigenvalue weighted by Crippen LogP contribution is 2.20. The normalized spacial score (nSPS) is 10.9. The Morgan fingerprint density at radius 3 is 2.10 bits per heavy atom. The second kappa shape index (κ2) is 8.79. The van der Waals surface area contributed by atoms with E-state index in [1.165, 1.54) is 38.3 Å². The molecule has 8 heteroatoms. The predicted molar refractivity (Wildman–Crippen MR) is 115 cm³/mol. The predicted octanol–water partition coefficient (Wildman–Crippen LogP) is 3.95. The van der Waals surface area contributed by atoms with Gasteiger partial charge < -0.3 is 10.1 Å². The van der Waals surface area contributed by atoms with E-state index >= 15 is 0 Å². The molecule has 0 atom stereocenters. The lowest BCUT2D eigenvalue weighted by atomic mass is 10.1. The van der Waals surface area contributed by atoms with Crippen molar-refractivity contribution in [3.05, 3.63) is 83.9 Å². The first kappa shape index (κ1) is 21.1. The van der Waals surface area contributed by atoms with E-state index in [4.69, 9.17) is 4.74 Å². The van der Waals surface area contributed by atoms with E-state index in [1.807, 2.05) is 0 Å². The van der Waals surface area contributed by atoms with Crippen molar-refractivity contribution in [2.75, 3.05) is 17.1 Å². The summed E-state index contributed by atoms with van der Waals surface area (Å²) in [6.45, 7) is 1.44. The minimum absolute atomic E-state index is 0.0217. The van der Waals surface area contributed by atoms with Crippen LogP contribution >= 0.6 is 0 Å². The van der Waals surface area contributed by atoms with Gasteiger partial charge in [-0.2, -0.15) is 0 Å². The van der Waals surface area contributed by atoms with Gasteiger partial charge in [0, 0.05) is 22.5 Å². The molecule has 0 saturated carbocycles. The standard InChI is InChI=1S/C22H20N2O5S/c1-15(25)17-4-3-5-19(14-17)23-22(26)16-6-12-21(13-7-16)30(27,28)24-18-8-10-20(29-2)11-9-18/h3-14,24H,1-2H3,(H,23,26). The van der Waals surface area contributed by atoms with Crippen LogP contribution in [-0.4, -0.2) is 27.2 Å². The number of sulfonamides is 1. The Morgan fingerprint density at radius 2 is 1.50 bits per heavy atom. The zero-order chi connectivity index (χ0) is 21.7. The number of Topliss-reactive ketones (excluding diaryl/α,β-unsaturated/α-hetero) is 1. The number of ether oxygens (including phenoxy) is 1. The van der Waals surface area contributed by atoms with Gasteiger partial charge in [0.15, 0.2) is 5.78 Å². The SMILES string of the molecule is COc1ccc(NS(=O)(=O)c2ccc(C(=O)Nc3cccc(C(C)=O)c3)cc2)cc1. The molecule has 0 bridgehead atoms. The van der Waals surface area contributed by atoms with Crippen LogP contribution < -0.4 is 14.8 Å². The molecule has 0 aliphatic carbocycles. The highest BCUT2D eigenvalue weighted by atomic mass is 32.2. The Morgan fingerprint density at radius 1 is 0.833 bits per heavy atom. The lowest BCUT2D eigenvalue weighted by molar-refractivity contribution is 0.101. The minimum atomic E-state index is -3.81. The third-order valence-electron chi connectivity index (χ3n) is 4.30. The molecule has 154 valence electrons. The number of amides is 1. The molecule has 0 saturated heterocycles. The molecule has 0 fully saturated rings. The lowest BCUT2D eigenvalue weighted by Gasteiger charge is -2.10. The van der Waals surface area contributed by atoms with Gasteiger partial charge in [-0.25, -0.2) is 8.42 Å². The Hall–Kier alpha value is -3.65. The third-order valence-corrected chi connectivity index (χ3v) is 5.69. The van der Waals surface area contributed by atoms with Crippen molar-refractivity contribution in [3.8, 4) is 5.75 Å². The van der Waals surface area contributed by atoms with Gasteiger partial charge in [0.25, 0.3) is 15.9 Å². The van der Waals surface area contributed by atoms with Crippen LogP contribution in [0.25, 0.3) is 0 Å². The lowest BCUT2D eigenvalue weighted by Crippen LogP contribution is -2.15. The van der Waals surface area contributed by atoms with Gasteiger partial charge in [-0.05, 0) is 67.6 Å². The van der Waals surface area contributed by atoms with Crippen molar-refractivity contribution in [2.24, 2.45) is 0 Å². The molecule has 0 aliphatic heterocycles. The Kier molecular flexibility index (Phi) is 6.17. The maximum absolute atomic E-state index is 12.6. The fourth-order valence-corrected chi connectivity index (χ4v) is 3.74. The van der Waals surface area contributed by atoms with Crippen LogP contribution in [0.4, 0.5) is 11.4 Å². The molecule has 1 amide bonds. The first-order chi connectivity index (χ1) is 14.3. The number of carbonyl (C=O) groups is 2. The molecule has 0 aliphatic rings. The molecular formula is C22H20N2O5S. The summed E-state index contributed by atoms with van der Waals surface area (Å²) in [5.41, 5.74) is 1.64. The molecule has 0 aromatic heterocycles. The monoisotopic (exact) mass is 424 g/mol. The zero-order valence-corrected chi connectivity index (χ0v) is 17.2. The molecule has 30 heavy (non-hydrogen) atoms. The first-order valence-corrected chi connectivity index (χ1v) is 10.5. The van der Waals surface area contributed by atoms with Gasteiger partial charge in [0.05, 0.1) is 12.0 Å². The molecule has 0 heterocycles. The van der Waals surface area contributed by atoms with Crippen LogP contribution in [0.15, 0.2) is 77.7 Å². The van der Waals surface area contributed by atoms with Crippen LogP contribution in [-0.2, 0) is 10.0 Å². The highest BCUT2D eigenvalue weighted by molar-refractivity contribution is 7.92. The summed E-state index contributed by atoms with van der Waals surface area (Å²) in [6.07, 6.45) is 0. The fourth-order valence-electron chi connectivity index (χ4n) is 2.68. The van der Waals surface area contributed by atoms with E-state index in [0.29, 0.717) is 22.7 Å². The van der Waals surface area contributed by atoms with E-state index in [1.54, 1.807) is 48.5 Å². The summed E-state index contributed by atoms with van der Waals surface area (Å²) < 4.78 is 32.6. The second-order valence-corrected chi connectivity index (χ2v) is 8.13. The maximum Gasteiger partial charge on any atom is 0.261 e. The Labute approximate surface area is 174 Å². The molecule has 7 nitrogen and oxygen atoms in total. The number of benzene rings is 3. The van der Waals surface area contributed by atoms with Crippen molar-refractivity contribution in [3.63, 3.8) is 0 Å². The van der Waals surface area contributed by atoms with Crippen molar-refractivity contribution in [1.29, 1.82) is 0 Å². The number of carbonyl (C=O) groups excluding carboxylic acids is 2. The number of anilines is 2. The average Bonchev–Trinajstić information content (AvgIpc) is 2.74. The van der Waals surface area contributed by atoms with E-state index in [9.17, 15) is 18.0 Å². The molecule has 3 aromatic carbocycles. The van der Waals surface area contributed by atoms with Gasteiger partial charge >= 0.3 is 0 Å². The van der Waals surface area contributed by atoms with Crippen molar-refractivity contribution in [2.45, 2.75) is 11.8 Å². The van der Waals surface area contributed by atoms with E-state index in [0.717, 1.165) is 0 Å². The molecule has 2 N–H and O–H groups in total. The van der Waals surface area contributed by atoms with Crippen molar-refractivity contribution in [1.82, 2.24) is 0 Å². The van der Waals surface area contributed by atoms with Crippen LogP contribution in [0.5, 0.6) is 5.75 Å². The number of methoxy groups -OCH3 is 1. The number of hydrogen-bond acceptors (Lipinski definition) is 5. The third kappa shape index (κ3) is 5.03. The van der Waals surface area contributed by atoms with E-state index in [2.05, 4.69) is 10.0 Å². The summed E-state index contributed by atoms with van der Waals surface area (Å²) in [5.74, 6) is 0.0925. The first-order valence-electron chi connectivity index (χ1n) is 8.98. The molecule has 0 unspecified atom stereocenters. The van der Waals surface area contributed by atoms with Gasteiger partial charge in [-0.1, -0.05) is 12.1 Å². The summed E-state index contributed by atoms with van der Waals surface area (Å²) in [4.78, 5) is 23.9. The maximum atomic E-state index is 12.6. The van der Waals surface area contributed by atoms with Crippen molar-refractivity contribution >= 4 is 33.1 Å². The van der Waals surface area contributed by atoms with E-state index in [-0.39, 0.29) is 16.2 Å². The summed E-state index contributed by atoms with van der Waals surface area (Å²) in [5, 5.41) is 2.69. The highest BCUT2D eigenvalue weighted by Gasteiger charge is 2.15. The topological polar surface area (TPSA) is 102 Å². The molecule has 0 radical (unpaired) electrons. The number of nitrogens with one attached hydrogen (secondary N) is 2. The minimum Gasteiger partial charge on any atom is -0.497 e. The fraction of sp³-hybridized carbons (Fsp3) is 0.0909. The zero-order valence-electron chi connectivity index (χ0n) is 16.4. The molecule has 0 spiro atoms. The Balaban J connectivity index is 1.72. The quantitative estimate of drug-likeness (QED) is 0.559. The average molecular weight is 424 g/mol. The number of hydrogen-bond donors (Lipinski definition) is 2. The van der Waals surface area contributed by atoms with Gasteiger partial charge in [0.2, 0.25) is 0 Å². The second-order valence-electron chi connectivity index (χ2n) is 6.45. The molecule has 3 aromatic rings. The van der Waals surface area contributed by atoms with Gasteiger partial charge in [0.1, 0.15) is 5.75 Å². The molecular weight excluding hydrogens is 404 g/mol. The summed E-state index contributed by atoms with van der Waals surface area (Å²) in [7, 11) is -2.28. The largest absolute Gasteiger partial charge is 0.497 e. The van der Waals surface area contributed by atoms with Crippen LogP contribution in [0.1, 0.15) is 27.6 Å². The van der Waals surface area contributed by atoms with Gasteiger partial charge in [-0.3, -0.25) is 14.3 Å². The smallest absolute Gasteiger partial charge is 0.261 e. The summed E-state index contributed by atoms with van der Waals surface area (Å²) in [6, 6.07) is 18.6. The number of ketones is 1. The molecule has 3 rings (SSSR count). The van der Waals surface area contributed by atoms with Crippen LogP contribution in [0.3, 0.4) is 0 Å². The van der Waals surface area contributed by atoms with Crippen LogP contribution in [0, 0.1) is 0 Å². The van der Waals surface area contributed by atoms with Gasteiger partial charge in [-0.15, -0.1) is 0 Å². The Bertz CT molecular complexity index is 1170. The van der Waals surface area contributed by atoms with Crippen molar-refractivity contribution < 1.29 is 22.7 Å².